The van der Waals surface area contributed by atoms with Gasteiger partial charge in [-0.3, -0.25) is 9.48 Å². The Balaban J connectivity index is 1.55. The summed E-state index contributed by atoms with van der Waals surface area (Å²) in [5, 5.41) is 7.17. The normalized spacial score (nSPS) is 17.3. The van der Waals surface area contributed by atoms with Crippen LogP contribution >= 0.6 is 0 Å². The fourth-order valence-corrected chi connectivity index (χ4v) is 3.19. The molecule has 3 amide bonds. The van der Waals surface area contributed by atoms with Crippen LogP contribution in [0.4, 0.5) is 10.5 Å². The number of nitrogens with one attached hydrogen (secondary N) is 1. The second kappa shape index (κ2) is 7.83. The molecule has 0 radical (unpaired) electrons. The number of aromatic nitrogens is 2. The smallest absolute Gasteiger partial charge is 0.321 e. The number of likely N-dealkylation sites (tertiary alicyclic amines) is 1. The molecule has 1 aliphatic heterocycles. The Morgan fingerprint density at radius 2 is 2.08 bits per heavy atom. The number of amides is 3. The van der Waals surface area contributed by atoms with Gasteiger partial charge in [-0.15, -0.1) is 0 Å². The maximum atomic E-state index is 12.4. The van der Waals surface area contributed by atoms with Crippen molar-refractivity contribution in [3.05, 3.63) is 48.3 Å². The van der Waals surface area contributed by atoms with Gasteiger partial charge in [0.2, 0.25) is 5.91 Å². The molecular weight excluding hydrogens is 318 g/mol. The summed E-state index contributed by atoms with van der Waals surface area (Å²) in [7, 11) is 0. The number of carbonyl (C=O) groups excluding carboxylic acids is 2. The van der Waals surface area contributed by atoms with E-state index in [0.29, 0.717) is 31.7 Å². The zero-order valence-electron chi connectivity index (χ0n) is 14.1. The zero-order valence-corrected chi connectivity index (χ0v) is 14.1. The Morgan fingerprint density at radius 1 is 1.28 bits per heavy atom. The van der Waals surface area contributed by atoms with Crippen LogP contribution in [-0.2, 0) is 11.3 Å². The first-order chi connectivity index (χ1) is 12.1. The highest BCUT2D eigenvalue weighted by molar-refractivity contribution is 5.89. The third kappa shape index (κ3) is 4.82. The summed E-state index contributed by atoms with van der Waals surface area (Å²) in [6, 6.07) is 9.86. The van der Waals surface area contributed by atoms with Crippen molar-refractivity contribution in [2.24, 2.45) is 11.7 Å². The lowest BCUT2D eigenvalue weighted by molar-refractivity contribution is -0.119. The van der Waals surface area contributed by atoms with E-state index in [1.165, 1.54) is 0 Å². The molecule has 3 rings (SSSR count). The Bertz CT molecular complexity index is 728. The van der Waals surface area contributed by atoms with Gasteiger partial charge < -0.3 is 16.0 Å². The molecule has 0 aliphatic carbocycles. The number of piperidine rings is 1. The fourth-order valence-electron chi connectivity index (χ4n) is 3.19. The summed E-state index contributed by atoms with van der Waals surface area (Å²) in [4.78, 5) is 25.2. The van der Waals surface area contributed by atoms with Crippen LogP contribution in [0.25, 0.3) is 0 Å². The van der Waals surface area contributed by atoms with Gasteiger partial charge in [0.05, 0.1) is 18.4 Å². The minimum Gasteiger partial charge on any atom is -0.370 e. The molecule has 0 bridgehead atoms. The summed E-state index contributed by atoms with van der Waals surface area (Å²) in [6.45, 7) is 1.91. The monoisotopic (exact) mass is 341 g/mol. The third-order valence-electron chi connectivity index (χ3n) is 4.37. The van der Waals surface area contributed by atoms with E-state index in [9.17, 15) is 9.59 Å². The van der Waals surface area contributed by atoms with Gasteiger partial charge in [-0.1, -0.05) is 30.3 Å². The summed E-state index contributed by atoms with van der Waals surface area (Å²) in [5.41, 5.74) is 7.08. The highest BCUT2D eigenvalue weighted by Crippen LogP contribution is 2.20. The molecule has 2 aromatic rings. The lowest BCUT2D eigenvalue weighted by Gasteiger charge is -2.32. The molecule has 0 spiro atoms. The topological polar surface area (TPSA) is 93.2 Å². The van der Waals surface area contributed by atoms with E-state index in [-0.39, 0.29) is 17.9 Å². The van der Waals surface area contributed by atoms with Crippen LogP contribution in [-0.4, -0.2) is 39.7 Å². The van der Waals surface area contributed by atoms with E-state index in [2.05, 4.69) is 10.4 Å². The largest absolute Gasteiger partial charge is 0.370 e. The van der Waals surface area contributed by atoms with Crippen molar-refractivity contribution < 1.29 is 9.59 Å². The molecule has 1 unspecified atom stereocenters. The standard InChI is InChI=1S/C18H23N5O2/c19-17(24)9-15-7-4-8-22(11-15)18(25)21-16-10-20-23(13-16)12-14-5-2-1-3-6-14/h1-3,5-6,10,13,15H,4,7-9,11-12H2,(H2,19,24)(H,21,25). The van der Waals surface area contributed by atoms with Crippen LogP contribution in [0.2, 0.25) is 0 Å². The Kier molecular flexibility index (Phi) is 5.33. The Labute approximate surface area is 146 Å². The maximum Gasteiger partial charge on any atom is 0.321 e. The number of rotatable bonds is 5. The van der Waals surface area contributed by atoms with Gasteiger partial charge in [0.25, 0.3) is 0 Å². The van der Waals surface area contributed by atoms with E-state index in [4.69, 9.17) is 5.73 Å². The Morgan fingerprint density at radius 3 is 2.84 bits per heavy atom. The lowest BCUT2D eigenvalue weighted by atomic mass is 9.95. The molecule has 25 heavy (non-hydrogen) atoms. The molecule has 3 N–H and O–H groups in total. The highest BCUT2D eigenvalue weighted by Gasteiger charge is 2.25. The second-order valence-corrected chi connectivity index (χ2v) is 6.47. The number of nitrogens with two attached hydrogens (primary N) is 1. The number of urea groups is 1. The van der Waals surface area contributed by atoms with Crippen molar-refractivity contribution in [2.75, 3.05) is 18.4 Å². The fraction of sp³-hybridized carbons (Fsp3) is 0.389. The average Bonchev–Trinajstić information content (AvgIpc) is 3.02. The average molecular weight is 341 g/mol. The van der Waals surface area contributed by atoms with Crippen molar-refractivity contribution in [1.29, 1.82) is 0 Å². The first kappa shape index (κ1) is 17.0. The van der Waals surface area contributed by atoms with Crippen molar-refractivity contribution >= 4 is 17.6 Å². The molecule has 1 atom stereocenters. The number of primary amides is 1. The second-order valence-electron chi connectivity index (χ2n) is 6.47. The van der Waals surface area contributed by atoms with Gasteiger partial charge in [0.15, 0.2) is 0 Å². The molecule has 132 valence electrons. The lowest BCUT2D eigenvalue weighted by Crippen LogP contribution is -2.43. The molecule has 1 aromatic carbocycles. The molecule has 0 saturated carbocycles. The molecule has 1 aromatic heterocycles. The molecule has 7 heteroatoms. The van der Waals surface area contributed by atoms with E-state index in [1.54, 1.807) is 15.8 Å². The number of hydrogen-bond acceptors (Lipinski definition) is 3. The summed E-state index contributed by atoms with van der Waals surface area (Å²) in [6.07, 6.45) is 5.61. The SMILES string of the molecule is NC(=O)CC1CCCN(C(=O)Nc2cnn(Cc3ccccc3)c2)C1. The first-order valence-corrected chi connectivity index (χ1v) is 8.51. The van der Waals surface area contributed by atoms with Gasteiger partial charge >= 0.3 is 6.03 Å². The van der Waals surface area contributed by atoms with Crippen molar-refractivity contribution in [2.45, 2.75) is 25.8 Å². The predicted octanol–water partition coefficient (Wildman–Crippen LogP) is 2.05. The number of benzene rings is 1. The van der Waals surface area contributed by atoms with Crippen molar-refractivity contribution in [3.8, 4) is 0 Å². The molecule has 1 aliphatic rings. The van der Waals surface area contributed by atoms with Gasteiger partial charge in [-0.2, -0.15) is 5.10 Å². The van der Waals surface area contributed by atoms with Crippen LogP contribution in [0, 0.1) is 5.92 Å². The van der Waals surface area contributed by atoms with Gasteiger partial charge in [0, 0.05) is 25.7 Å². The summed E-state index contributed by atoms with van der Waals surface area (Å²) in [5.74, 6) is -0.160. The van der Waals surface area contributed by atoms with Gasteiger partial charge in [-0.05, 0) is 24.3 Å². The van der Waals surface area contributed by atoms with E-state index < -0.39 is 0 Å². The molecular formula is C18H23N5O2. The molecule has 1 fully saturated rings. The number of nitrogens with zero attached hydrogens (tertiary/aromatic N) is 3. The van der Waals surface area contributed by atoms with Crippen LogP contribution in [0.5, 0.6) is 0 Å². The zero-order chi connectivity index (χ0) is 17.6. The van der Waals surface area contributed by atoms with Crippen LogP contribution in [0.3, 0.4) is 0 Å². The molecule has 7 nitrogen and oxygen atoms in total. The van der Waals surface area contributed by atoms with Gasteiger partial charge in [0.1, 0.15) is 0 Å². The third-order valence-corrected chi connectivity index (χ3v) is 4.37. The van der Waals surface area contributed by atoms with Crippen molar-refractivity contribution in [1.82, 2.24) is 14.7 Å². The number of carbonyl (C=O) groups is 2. The summed E-state index contributed by atoms with van der Waals surface area (Å²) >= 11 is 0. The van der Waals surface area contributed by atoms with Crippen LogP contribution in [0.15, 0.2) is 42.7 Å². The van der Waals surface area contributed by atoms with Crippen LogP contribution < -0.4 is 11.1 Å². The predicted molar refractivity (Wildman–Crippen MR) is 94.9 cm³/mol. The number of hydrogen-bond donors (Lipinski definition) is 2. The maximum absolute atomic E-state index is 12.4. The number of anilines is 1. The van der Waals surface area contributed by atoms with Crippen molar-refractivity contribution in [3.63, 3.8) is 0 Å². The van der Waals surface area contributed by atoms with E-state index in [1.807, 2.05) is 36.5 Å². The quantitative estimate of drug-likeness (QED) is 0.871. The van der Waals surface area contributed by atoms with E-state index >= 15 is 0 Å². The minimum absolute atomic E-state index is 0.151. The summed E-state index contributed by atoms with van der Waals surface area (Å²) < 4.78 is 1.79. The minimum atomic E-state index is -0.311. The molecule has 1 saturated heterocycles. The Hall–Kier alpha value is -2.83. The van der Waals surface area contributed by atoms with Gasteiger partial charge in [-0.25, -0.2) is 4.79 Å². The highest BCUT2D eigenvalue weighted by atomic mass is 16.2. The van der Waals surface area contributed by atoms with E-state index in [0.717, 1.165) is 18.4 Å². The molecule has 2 heterocycles. The first-order valence-electron chi connectivity index (χ1n) is 8.51. The van der Waals surface area contributed by atoms with Crippen LogP contribution in [0.1, 0.15) is 24.8 Å².